The number of rotatable bonds is 11. The number of benzene rings is 3. The van der Waals surface area contributed by atoms with Gasteiger partial charge >= 0.3 is 0 Å². The van der Waals surface area contributed by atoms with Crippen molar-refractivity contribution in [2.24, 2.45) is 0 Å². The minimum Gasteiger partial charge on any atom is -0.355 e. The Balaban J connectivity index is 2.03. The molecule has 0 heterocycles. The molecule has 0 aromatic heterocycles. The summed E-state index contributed by atoms with van der Waals surface area (Å²) < 4.78 is 27.8. The fraction of sp³-hybridized carbons (Fsp3) is 0.355. The third kappa shape index (κ3) is 8.66. The van der Waals surface area contributed by atoms with Crippen molar-refractivity contribution in [2.45, 2.75) is 52.1 Å². The van der Waals surface area contributed by atoms with Crippen LogP contribution >= 0.6 is 15.9 Å². The average Bonchev–Trinajstić information content (AvgIpc) is 2.89. The van der Waals surface area contributed by atoms with Gasteiger partial charge in [-0.2, -0.15) is 0 Å². The monoisotopic (exact) mass is 627 g/mol. The largest absolute Gasteiger partial charge is 0.355 e. The van der Waals surface area contributed by atoms with Gasteiger partial charge in [-0.1, -0.05) is 91.3 Å². The number of anilines is 1. The summed E-state index contributed by atoms with van der Waals surface area (Å²) in [6.45, 7) is 8.15. The smallest absolute Gasteiger partial charge is 0.244 e. The molecule has 0 aliphatic heterocycles. The van der Waals surface area contributed by atoms with E-state index in [1.807, 2.05) is 73.7 Å². The summed E-state index contributed by atoms with van der Waals surface area (Å²) in [5.74, 6) is -0.771. The molecule has 0 unspecified atom stereocenters. The Kier molecular flexibility index (Phi) is 10.6. The molecule has 3 aromatic carbocycles. The van der Waals surface area contributed by atoms with Gasteiger partial charge in [0, 0.05) is 24.0 Å². The number of halogens is 1. The van der Waals surface area contributed by atoms with Crippen molar-refractivity contribution in [1.82, 2.24) is 10.2 Å². The second kappa shape index (κ2) is 13.5. The number of nitrogens with zero attached hydrogens (tertiary/aromatic N) is 2. The molecule has 2 amide bonds. The Morgan fingerprint density at radius 2 is 1.55 bits per heavy atom. The number of carbonyl (C=O) groups is 2. The first-order chi connectivity index (χ1) is 18.8. The van der Waals surface area contributed by atoms with Crippen LogP contribution in [0.25, 0.3) is 0 Å². The molecular formula is C31H38BrN3O4S. The summed E-state index contributed by atoms with van der Waals surface area (Å²) in [5, 5.41) is 2.86. The fourth-order valence-corrected chi connectivity index (χ4v) is 5.72. The highest BCUT2D eigenvalue weighted by molar-refractivity contribution is 9.10. The van der Waals surface area contributed by atoms with Crippen LogP contribution in [0.5, 0.6) is 0 Å². The van der Waals surface area contributed by atoms with Crippen LogP contribution in [0.1, 0.15) is 44.4 Å². The first-order valence-electron chi connectivity index (χ1n) is 13.2. The maximum atomic E-state index is 14.1. The van der Waals surface area contributed by atoms with Crippen LogP contribution < -0.4 is 9.62 Å². The Morgan fingerprint density at radius 1 is 0.925 bits per heavy atom. The van der Waals surface area contributed by atoms with E-state index < -0.39 is 28.5 Å². The quantitative estimate of drug-likeness (QED) is 0.313. The molecule has 0 radical (unpaired) electrons. The van der Waals surface area contributed by atoms with Crippen LogP contribution in [0.15, 0.2) is 83.3 Å². The summed E-state index contributed by atoms with van der Waals surface area (Å²) in [6, 6.07) is 23.3. The molecule has 0 saturated heterocycles. The van der Waals surface area contributed by atoms with Crippen molar-refractivity contribution in [3.63, 3.8) is 0 Å². The Bertz CT molecular complexity index is 1400. The highest BCUT2D eigenvalue weighted by atomic mass is 79.9. The molecule has 3 rings (SSSR count). The minimum atomic E-state index is -3.81. The summed E-state index contributed by atoms with van der Waals surface area (Å²) in [6.07, 6.45) is 1.37. The lowest BCUT2D eigenvalue weighted by Gasteiger charge is -2.33. The molecule has 0 fully saturated rings. The molecule has 1 atom stereocenters. The van der Waals surface area contributed by atoms with Gasteiger partial charge in [-0.25, -0.2) is 8.42 Å². The van der Waals surface area contributed by atoms with Crippen molar-refractivity contribution in [3.8, 4) is 0 Å². The SMILES string of the molecule is CCNC(=O)[C@H](Cc1ccccc1)N(Cc1cccc(Br)c1)C(=O)CN(c1ccc(C(C)(C)C)cc1)S(C)(=O)=O. The van der Waals surface area contributed by atoms with Gasteiger partial charge in [0.2, 0.25) is 21.8 Å². The minimum absolute atomic E-state index is 0.109. The van der Waals surface area contributed by atoms with E-state index in [1.54, 1.807) is 12.1 Å². The van der Waals surface area contributed by atoms with Gasteiger partial charge in [0.1, 0.15) is 12.6 Å². The van der Waals surface area contributed by atoms with Crippen LogP contribution in [0.2, 0.25) is 0 Å². The van der Waals surface area contributed by atoms with Gasteiger partial charge in [-0.3, -0.25) is 13.9 Å². The normalized spacial score (nSPS) is 12.4. The van der Waals surface area contributed by atoms with Crippen molar-refractivity contribution < 1.29 is 18.0 Å². The molecule has 0 spiro atoms. The zero-order valence-electron chi connectivity index (χ0n) is 23.7. The van der Waals surface area contributed by atoms with E-state index in [4.69, 9.17) is 0 Å². The van der Waals surface area contributed by atoms with Crippen molar-refractivity contribution in [3.05, 3.63) is 100 Å². The highest BCUT2D eigenvalue weighted by Gasteiger charge is 2.33. The summed E-state index contributed by atoms with van der Waals surface area (Å²) in [5.41, 5.74) is 3.03. The zero-order chi connectivity index (χ0) is 29.5. The maximum Gasteiger partial charge on any atom is 0.244 e. The van der Waals surface area contributed by atoms with E-state index in [0.29, 0.717) is 12.2 Å². The number of hydrogen-bond acceptors (Lipinski definition) is 4. The number of hydrogen-bond donors (Lipinski definition) is 1. The average molecular weight is 629 g/mol. The van der Waals surface area contributed by atoms with Crippen molar-refractivity contribution >= 4 is 43.5 Å². The molecular weight excluding hydrogens is 590 g/mol. The van der Waals surface area contributed by atoms with Crippen LogP contribution in [0.4, 0.5) is 5.69 Å². The molecule has 40 heavy (non-hydrogen) atoms. The molecule has 7 nitrogen and oxygen atoms in total. The van der Waals surface area contributed by atoms with Crippen molar-refractivity contribution in [2.75, 3.05) is 23.7 Å². The van der Waals surface area contributed by atoms with E-state index in [1.165, 1.54) is 4.90 Å². The van der Waals surface area contributed by atoms with Gasteiger partial charge < -0.3 is 10.2 Å². The van der Waals surface area contributed by atoms with Gasteiger partial charge in [-0.15, -0.1) is 0 Å². The molecule has 0 aliphatic carbocycles. The Morgan fingerprint density at radius 3 is 2.10 bits per heavy atom. The van der Waals surface area contributed by atoms with Gasteiger partial charge in [0.05, 0.1) is 11.9 Å². The molecule has 0 aliphatic rings. The van der Waals surface area contributed by atoms with E-state index in [9.17, 15) is 18.0 Å². The van der Waals surface area contributed by atoms with E-state index >= 15 is 0 Å². The molecule has 0 bridgehead atoms. The van der Waals surface area contributed by atoms with Crippen LogP contribution in [0, 0.1) is 0 Å². The number of likely N-dealkylation sites (N-methyl/N-ethyl adjacent to an activating group) is 1. The third-order valence-electron chi connectivity index (χ3n) is 6.56. The number of sulfonamides is 1. The van der Waals surface area contributed by atoms with Gasteiger partial charge in [-0.05, 0) is 53.3 Å². The lowest BCUT2D eigenvalue weighted by atomic mass is 9.87. The lowest BCUT2D eigenvalue weighted by molar-refractivity contribution is -0.140. The summed E-state index contributed by atoms with van der Waals surface area (Å²) in [7, 11) is -3.81. The van der Waals surface area contributed by atoms with Crippen LogP contribution in [0.3, 0.4) is 0 Å². The molecule has 0 saturated carbocycles. The van der Waals surface area contributed by atoms with Crippen molar-refractivity contribution in [1.29, 1.82) is 0 Å². The predicted octanol–water partition coefficient (Wildman–Crippen LogP) is 5.29. The summed E-state index contributed by atoms with van der Waals surface area (Å²) >= 11 is 3.48. The first kappa shape index (κ1) is 31.4. The molecule has 9 heteroatoms. The Hall–Kier alpha value is -3.17. The van der Waals surface area contributed by atoms with E-state index in [0.717, 1.165) is 31.7 Å². The fourth-order valence-electron chi connectivity index (χ4n) is 4.42. The second-order valence-electron chi connectivity index (χ2n) is 10.8. The molecule has 214 valence electrons. The lowest BCUT2D eigenvalue weighted by Crippen LogP contribution is -2.53. The van der Waals surface area contributed by atoms with E-state index in [-0.39, 0.29) is 24.3 Å². The number of nitrogens with one attached hydrogen (secondary N) is 1. The number of amides is 2. The maximum absolute atomic E-state index is 14.1. The Labute approximate surface area is 246 Å². The van der Waals surface area contributed by atoms with Gasteiger partial charge in [0.15, 0.2) is 0 Å². The summed E-state index contributed by atoms with van der Waals surface area (Å²) in [4.78, 5) is 28.9. The standard InChI is InChI=1S/C31H38BrN3O4S/c1-6-33-30(37)28(20-23-11-8-7-9-12-23)34(21-24-13-10-14-26(32)19-24)29(36)22-35(40(5,38)39)27-17-15-25(16-18-27)31(2,3)4/h7-19,28H,6,20-22H2,1-5H3,(H,33,37)/t28-/m0/s1. The number of carbonyl (C=O) groups excluding carboxylic acids is 2. The topological polar surface area (TPSA) is 86.8 Å². The second-order valence-corrected chi connectivity index (χ2v) is 13.6. The van der Waals surface area contributed by atoms with Crippen LogP contribution in [-0.4, -0.2) is 50.5 Å². The highest BCUT2D eigenvalue weighted by Crippen LogP contribution is 2.26. The first-order valence-corrected chi connectivity index (χ1v) is 15.9. The molecule has 3 aromatic rings. The zero-order valence-corrected chi connectivity index (χ0v) is 26.1. The molecule has 1 N–H and O–H groups in total. The van der Waals surface area contributed by atoms with Crippen LogP contribution in [-0.2, 0) is 38.0 Å². The predicted molar refractivity (Wildman–Crippen MR) is 165 cm³/mol. The van der Waals surface area contributed by atoms with Gasteiger partial charge in [0.25, 0.3) is 0 Å². The third-order valence-corrected chi connectivity index (χ3v) is 8.20. The van der Waals surface area contributed by atoms with E-state index in [2.05, 4.69) is 42.0 Å².